The number of aromatic nitrogens is 3. The first kappa shape index (κ1) is 21.8. The van der Waals surface area contributed by atoms with Crippen LogP contribution < -0.4 is 16.6 Å². The van der Waals surface area contributed by atoms with Crippen molar-refractivity contribution in [2.24, 2.45) is 0 Å². The van der Waals surface area contributed by atoms with E-state index in [4.69, 9.17) is 15.5 Å². The number of carbonyl (C=O) groups is 1. The highest BCUT2D eigenvalue weighted by molar-refractivity contribution is 9.10. The van der Waals surface area contributed by atoms with Gasteiger partial charge in [0.15, 0.2) is 5.65 Å². The first-order valence-corrected chi connectivity index (χ1v) is 11.1. The number of aliphatic hydroxyl groups excluding tert-OH is 1. The molecule has 31 heavy (non-hydrogen) atoms. The van der Waals surface area contributed by atoms with Crippen LogP contribution in [0, 0.1) is 0 Å². The molecule has 10 nitrogen and oxygen atoms in total. The molecule has 4 rings (SSSR count). The molecule has 2 aliphatic rings. The number of carbonyl (C=O) groups excluding carboxylic acids is 1. The minimum atomic E-state index is -0.615. The molecule has 0 radical (unpaired) electrons. The van der Waals surface area contributed by atoms with Gasteiger partial charge in [0.25, 0.3) is 0 Å². The second-order valence-corrected chi connectivity index (χ2v) is 9.69. The van der Waals surface area contributed by atoms with Crippen molar-refractivity contribution in [1.82, 2.24) is 30.3 Å². The Labute approximate surface area is 188 Å². The van der Waals surface area contributed by atoms with Crippen molar-refractivity contribution in [2.75, 3.05) is 25.4 Å². The van der Waals surface area contributed by atoms with E-state index < -0.39 is 11.7 Å². The molecule has 0 saturated carbocycles. The number of anilines is 1. The van der Waals surface area contributed by atoms with E-state index in [1.165, 1.54) is 0 Å². The zero-order valence-corrected chi connectivity index (χ0v) is 19.4. The number of fused-ring (bicyclic) bond motifs is 1. The first-order valence-electron chi connectivity index (χ1n) is 10.3. The van der Waals surface area contributed by atoms with Gasteiger partial charge in [0, 0.05) is 30.8 Å². The molecule has 1 saturated heterocycles. The van der Waals surface area contributed by atoms with Gasteiger partial charge in [-0.05, 0) is 55.1 Å². The highest BCUT2D eigenvalue weighted by Crippen LogP contribution is 2.37. The van der Waals surface area contributed by atoms with E-state index in [1.54, 1.807) is 15.6 Å². The van der Waals surface area contributed by atoms with Crippen molar-refractivity contribution in [3.8, 4) is 0 Å². The summed E-state index contributed by atoms with van der Waals surface area (Å²) in [5.41, 5.74) is 15.2. The lowest BCUT2D eigenvalue weighted by Crippen LogP contribution is -2.49. The third-order valence-corrected chi connectivity index (χ3v) is 6.37. The molecular weight excluding hydrogens is 466 g/mol. The van der Waals surface area contributed by atoms with Crippen LogP contribution in [0.25, 0.3) is 11.2 Å². The van der Waals surface area contributed by atoms with Crippen molar-refractivity contribution >= 4 is 39.1 Å². The van der Waals surface area contributed by atoms with Crippen LogP contribution in [-0.4, -0.2) is 62.0 Å². The fourth-order valence-electron chi connectivity index (χ4n) is 4.00. The number of halogens is 1. The van der Waals surface area contributed by atoms with Crippen LogP contribution in [0.15, 0.2) is 16.9 Å². The number of rotatable bonds is 3. The molecule has 11 heteroatoms. The SMILES string of the molecule is CC(C)(C)OC(=O)N1C[C@@H](c2nc3c(C4=CNNC4)cnn3c(N)c2Br)CC[C@H]1CO. The van der Waals surface area contributed by atoms with Crippen LogP contribution in [0.2, 0.25) is 0 Å². The van der Waals surface area contributed by atoms with Crippen molar-refractivity contribution in [3.05, 3.63) is 28.1 Å². The van der Waals surface area contributed by atoms with Crippen molar-refractivity contribution in [3.63, 3.8) is 0 Å². The second-order valence-electron chi connectivity index (χ2n) is 8.90. The Morgan fingerprint density at radius 1 is 1.42 bits per heavy atom. The fourth-order valence-corrected chi connectivity index (χ4v) is 4.58. The Morgan fingerprint density at radius 3 is 2.84 bits per heavy atom. The Morgan fingerprint density at radius 2 is 2.19 bits per heavy atom. The normalized spacial score (nSPS) is 21.8. The van der Waals surface area contributed by atoms with Crippen molar-refractivity contribution < 1.29 is 14.6 Å². The summed E-state index contributed by atoms with van der Waals surface area (Å²) in [4.78, 5) is 19.3. The Hall–Kier alpha value is -2.37. The van der Waals surface area contributed by atoms with Crippen LogP contribution in [0.3, 0.4) is 0 Å². The van der Waals surface area contributed by atoms with E-state index >= 15 is 0 Å². The molecule has 2 aromatic heterocycles. The molecule has 2 atom stereocenters. The lowest BCUT2D eigenvalue weighted by atomic mass is 9.90. The number of nitrogens with zero attached hydrogens (tertiary/aromatic N) is 4. The largest absolute Gasteiger partial charge is 0.444 e. The average molecular weight is 494 g/mol. The van der Waals surface area contributed by atoms with Gasteiger partial charge in [0.1, 0.15) is 11.4 Å². The molecule has 0 unspecified atom stereocenters. The van der Waals surface area contributed by atoms with Gasteiger partial charge >= 0.3 is 6.09 Å². The zero-order valence-electron chi connectivity index (χ0n) is 17.9. The van der Waals surface area contributed by atoms with Gasteiger partial charge in [-0.15, -0.1) is 0 Å². The second kappa shape index (κ2) is 8.29. The lowest BCUT2D eigenvalue weighted by molar-refractivity contribution is -0.00122. The molecule has 1 amide bonds. The molecule has 2 aliphatic heterocycles. The number of hydrazine groups is 1. The van der Waals surface area contributed by atoms with Crippen molar-refractivity contribution in [2.45, 2.75) is 51.2 Å². The molecule has 168 valence electrons. The number of ether oxygens (including phenoxy) is 1. The summed E-state index contributed by atoms with van der Waals surface area (Å²) in [6, 6.07) is -0.280. The van der Waals surface area contributed by atoms with Gasteiger partial charge in [0.05, 0.1) is 29.0 Å². The summed E-state index contributed by atoms with van der Waals surface area (Å²) in [5.74, 6) is 0.396. The zero-order chi connectivity index (χ0) is 22.3. The third kappa shape index (κ3) is 4.21. The minimum absolute atomic E-state index is 0.0615. The Bertz CT molecular complexity index is 1030. The summed E-state index contributed by atoms with van der Waals surface area (Å²) >= 11 is 3.60. The van der Waals surface area contributed by atoms with Crippen molar-refractivity contribution in [1.29, 1.82) is 0 Å². The topological polar surface area (TPSA) is 130 Å². The van der Waals surface area contributed by atoms with E-state index in [0.29, 0.717) is 35.4 Å². The first-order chi connectivity index (χ1) is 14.7. The molecule has 0 spiro atoms. The summed E-state index contributed by atoms with van der Waals surface area (Å²) in [7, 11) is 0. The van der Waals surface area contributed by atoms with Crippen LogP contribution >= 0.6 is 15.9 Å². The smallest absolute Gasteiger partial charge is 0.410 e. The standard InChI is InChI=1S/C20H28BrN7O3/c1-20(2,3)31-19(30)27-9-11(4-5-13(27)10-29)16-15(21)17(22)28-18(26-16)14(8-25-28)12-6-23-24-7-12/h6,8,11,13,23-24,29H,4-5,7,9-10,22H2,1-3H3/t11-,13-/m0/s1. The Kier molecular flexibility index (Phi) is 5.84. The number of aliphatic hydroxyl groups is 1. The van der Waals surface area contributed by atoms with Gasteiger partial charge in [0.2, 0.25) is 0 Å². The highest BCUT2D eigenvalue weighted by Gasteiger charge is 2.36. The molecule has 1 fully saturated rings. The molecule has 5 N–H and O–H groups in total. The molecule has 4 heterocycles. The van der Waals surface area contributed by atoms with E-state index in [9.17, 15) is 9.90 Å². The number of piperidine rings is 1. The van der Waals surface area contributed by atoms with Gasteiger partial charge in [-0.2, -0.15) is 9.61 Å². The maximum atomic E-state index is 12.8. The predicted octanol–water partition coefficient (Wildman–Crippen LogP) is 2.00. The monoisotopic (exact) mass is 493 g/mol. The molecule has 0 aliphatic carbocycles. The molecule has 2 aromatic rings. The van der Waals surface area contributed by atoms with Gasteiger partial charge in [-0.25, -0.2) is 15.2 Å². The maximum Gasteiger partial charge on any atom is 0.410 e. The molecule has 0 bridgehead atoms. The van der Waals surface area contributed by atoms with Gasteiger partial charge < -0.3 is 25.9 Å². The number of nitrogens with one attached hydrogen (secondary N) is 2. The quantitative estimate of drug-likeness (QED) is 0.510. The number of amides is 1. The number of nitrogens with two attached hydrogens (primary N) is 1. The summed E-state index contributed by atoms with van der Waals surface area (Å²) in [6.45, 7) is 6.42. The fraction of sp³-hybridized carbons (Fsp3) is 0.550. The van der Waals surface area contributed by atoms with Crippen LogP contribution in [0.4, 0.5) is 10.6 Å². The number of likely N-dealkylation sites (tertiary alicyclic amines) is 1. The van der Waals surface area contributed by atoms with E-state index in [2.05, 4.69) is 31.9 Å². The number of hydrogen-bond donors (Lipinski definition) is 4. The van der Waals surface area contributed by atoms with E-state index in [1.807, 2.05) is 27.0 Å². The summed E-state index contributed by atoms with van der Waals surface area (Å²) in [6.07, 6.45) is 4.61. The van der Waals surface area contributed by atoms with Crippen LogP contribution in [0.5, 0.6) is 0 Å². The predicted molar refractivity (Wildman–Crippen MR) is 120 cm³/mol. The summed E-state index contributed by atoms with van der Waals surface area (Å²) < 4.78 is 7.86. The van der Waals surface area contributed by atoms with E-state index in [0.717, 1.165) is 23.3 Å². The maximum absolute atomic E-state index is 12.8. The lowest BCUT2D eigenvalue weighted by Gasteiger charge is -2.39. The number of nitrogen functional groups attached to an aromatic ring is 1. The highest BCUT2D eigenvalue weighted by atomic mass is 79.9. The van der Waals surface area contributed by atoms with Gasteiger partial charge in [-0.3, -0.25) is 0 Å². The molecular formula is C20H28BrN7O3. The van der Waals surface area contributed by atoms with Crippen LogP contribution in [0.1, 0.15) is 50.8 Å². The molecule has 0 aromatic carbocycles. The van der Waals surface area contributed by atoms with E-state index in [-0.39, 0.29) is 18.6 Å². The minimum Gasteiger partial charge on any atom is -0.444 e. The third-order valence-electron chi connectivity index (χ3n) is 5.55. The van der Waals surface area contributed by atoms with Gasteiger partial charge in [-0.1, -0.05) is 0 Å². The van der Waals surface area contributed by atoms with Crippen LogP contribution in [-0.2, 0) is 4.74 Å². The number of hydrogen-bond acceptors (Lipinski definition) is 8. The Balaban J connectivity index is 1.69. The summed E-state index contributed by atoms with van der Waals surface area (Å²) in [5, 5.41) is 14.2. The average Bonchev–Trinajstić information content (AvgIpc) is 3.38.